The molecule has 4 N–H and O–H groups in total. The number of nitrogens with one attached hydrogen (secondary N) is 2. The minimum absolute atomic E-state index is 0.00963. The van der Waals surface area contributed by atoms with E-state index in [1.165, 1.54) is 0 Å². The molecule has 9 nitrogen and oxygen atoms in total. The fourth-order valence-electron chi connectivity index (χ4n) is 4.35. The second kappa shape index (κ2) is 9.60. The number of hydrogen-bond donors (Lipinski definition) is 4. The molecule has 0 saturated carbocycles. The molecule has 9 heteroatoms. The quantitative estimate of drug-likeness (QED) is 0.477. The van der Waals surface area contributed by atoms with Gasteiger partial charge in [-0.15, -0.1) is 0 Å². The molecule has 1 aliphatic heterocycles. The molecular formula is C23H32N4O5. The first-order chi connectivity index (χ1) is 15.1. The number of nitrogens with zero attached hydrogens (tertiary/aromatic N) is 2. The van der Waals surface area contributed by atoms with Crippen molar-refractivity contribution < 1.29 is 24.3 Å². The topological polar surface area (TPSA) is 128 Å². The van der Waals surface area contributed by atoms with Crippen LogP contribution in [0, 0.1) is 6.92 Å². The van der Waals surface area contributed by atoms with Gasteiger partial charge in [-0.05, 0) is 63.6 Å². The van der Waals surface area contributed by atoms with Crippen LogP contribution in [-0.2, 0) is 4.79 Å². The molecule has 1 saturated heterocycles. The van der Waals surface area contributed by atoms with Gasteiger partial charge in [0.25, 0.3) is 0 Å². The van der Waals surface area contributed by atoms with Gasteiger partial charge in [0.15, 0.2) is 5.82 Å². The minimum atomic E-state index is -0.914. The molecule has 1 fully saturated rings. The maximum Gasteiger partial charge on any atom is 0.325 e. The summed E-state index contributed by atoms with van der Waals surface area (Å²) in [7, 11) is 0. The summed E-state index contributed by atoms with van der Waals surface area (Å²) in [6, 6.07) is 6.68. The average molecular weight is 445 g/mol. The molecule has 2 amide bonds. The van der Waals surface area contributed by atoms with E-state index in [2.05, 4.69) is 20.7 Å². The summed E-state index contributed by atoms with van der Waals surface area (Å²) in [6.45, 7) is 8.00. The van der Waals surface area contributed by atoms with Crippen LogP contribution in [-0.4, -0.2) is 45.6 Å². The van der Waals surface area contributed by atoms with E-state index in [0.29, 0.717) is 23.7 Å². The molecule has 3 rings (SSSR count). The number of carboxylic acids is 1. The molecule has 32 heavy (non-hydrogen) atoms. The molecule has 1 aromatic carbocycles. The van der Waals surface area contributed by atoms with Crippen LogP contribution in [0.3, 0.4) is 0 Å². The molecule has 2 aromatic rings. The maximum absolute atomic E-state index is 12.7. The van der Waals surface area contributed by atoms with Crippen LogP contribution in [0.25, 0.3) is 0 Å². The standard InChI is InChI=1S/C23H32N4O5/c1-5-15(13-21(28)29)16-8-9-18(27-10-6-7-19(27)23(3,4)31)17(12-16)24-22(30)25-20-11-14(2)32-26-20/h8-9,11-12,15,19,31H,5-7,10,13H2,1-4H3,(H,28,29)(H2,24,25,26,30)/t15?,19-/m0/s1. The second-order valence-electron chi connectivity index (χ2n) is 8.89. The van der Waals surface area contributed by atoms with Gasteiger partial charge in [0.1, 0.15) is 5.76 Å². The monoisotopic (exact) mass is 444 g/mol. The van der Waals surface area contributed by atoms with Gasteiger partial charge in [-0.3, -0.25) is 10.1 Å². The number of aryl methyl sites for hydroxylation is 1. The van der Waals surface area contributed by atoms with Crippen molar-refractivity contribution in [1.82, 2.24) is 5.16 Å². The number of carbonyl (C=O) groups is 2. The fraction of sp³-hybridized carbons (Fsp3) is 0.522. The molecule has 1 unspecified atom stereocenters. The summed E-state index contributed by atoms with van der Waals surface area (Å²) in [5.41, 5.74) is 1.27. The number of aromatic nitrogens is 1. The largest absolute Gasteiger partial charge is 0.481 e. The lowest BCUT2D eigenvalue weighted by molar-refractivity contribution is -0.137. The number of rotatable bonds is 8. The summed E-state index contributed by atoms with van der Waals surface area (Å²) < 4.78 is 4.99. The molecule has 174 valence electrons. The number of aliphatic carboxylic acids is 1. The van der Waals surface area contributed by atoms with Crippen molar-refractivity contribution in [3.05, 3.63) is 35.6 Å². The molecule has 1 aromatic heterocycles. The van der Waals surface area contributed by atoms with Gasteiger partial charge in [0, 0.05) is 12.6 Å². The van der Waals surface area contributed by atoms with Crippen molar-refractivity contribution >= 4 is 29.2 Å². The van der Waals surface area contributed by atoms with E-state index >= 15 is 0 Å². The normalized spacial score (nSPS) is 17.3. The van der Waals surface area contributed by atoms with Crippen LogP contribution < -0.4 is 15.5 Å². The van der Waals surface area contributed by atoms with Crippen LogP contribution in [0.1, 0.15) is 63.7 Å². The number of carbonyl (C=O) groups excluding carboxylic acids is 1. The summed E-state index contributed by atoms with van der Waals surface area (Å²) in [5.74, 6) is -0.165. The Kier molecular flexibility index (Phi) is 7.08. The van der Waals surface area contributed by atoms with Gasteiger partial charge in [-0.25, -0.2) is 4.79 Å². The van der Waals surface area contributed by atoms with Crippen molar-refractivity contribution in [2.45, 2.75) is 70.9 Å². The van der Waals surface area contributed by atoms with Crippen molar-refractivity contribution in [1.29, 1.82) is 0 Å². The van der Waals surface area contributed by atoms with Gasteiger partial charge in [-0.1, -0.05) is 18.1 Å². The fourth-order valence-corrected chi connectivity index (χ4v) is 4.35. The smallest absolute Gasteiger partial charge is 0.325 e. The van der Waals surface area contributed by atoms with Gasteiger partial charge in [0.05, 0.1) is 29.4 Å². The lowest BCUT2D eigenvalue weighted by Gasteiger charge is -2.36. The Balaban J connectivity index is 1.94. The highest BCUT2D eigenvalue weighted by Crippen LogP contribution is 2.38. The van der Waals surface area contributed by atoms with Gasteiger partial charge < -0.3 is 25.0 Å². The zero-order valence-corrected chi connectivity index (χ0v) is 19.0. The number of anilines is 3. The van der Waals surface area contributed by atoms with Crippen LogP contribution >= 0.6 is 0 Å². The molecule has 1 aliphatic rings. The zero-order chi connectivity index (χ0) is 23.5. The van der Waals surface area contributed by atoms with Crippen LogP contribution in [0.5, 0.6) is 0 Å². The highest BCUT2D eigenvalue weighted by molar-refractivity contribution is 6.01. The number of aliphatic hydroxyl groups is 1. The van der Waals surface area contributed by atoms with Crippen LogP contribution in [0.2, 0.25) is 0 Å². The molecular weight excluding hydrogens is 412 g/mol. The SMILES string of the molecule is CCC(CC(=O)O)c1ccc(N2CCC[C@H]2C(C)(C)O)c(NC(=O)Nc2cc(C)on2)c1. The average Bonchev–Trinajstić information content (AvgIpc) is 3.34. The lowest BCUT2D eigenvalue weighted by atomic mass is 9.92. The number of amides is 2. The van der Waals surface area contributed by atoms with E-state index < -0.39 is 17.6 Å². The Morgan fingerprint density at radius 1 is 1.31 bits per heavy atom. The highest BCUT2D eigenvalue weighted by atomic mass is 16.5. The summed E-state index contributed by atoms with van der Waals surface area (Å²) in [5, 5.41) is 29.3. The van der Waals surface area contributed by atoms with Crippen LogP contribution in [0.15, 0.2) is 28.8 Å². The number of carboxylic acid groups (broad SMARTS) is 1. The molecule has 0 radical (unpaired) electrons. The summed E-state index contributed by atoms with van der Waals surface area (Å²) in [6.07, 6.45) is 2.43. The van der Waals surface area contributed by atoms with Crippen molar-refractivity contribution in [2.24, 2.45) is 0 Å². The van der Waals surface area contributed by atoms with E-state index in [9.17, 15) is 19.8 Å². The third-order valence-electron chi connectivity index (χ3n) is 5.90. The number of hydrogen-bond acceptors (Lipinski definition) is 6. The van der Waals surface area contributed by atoms with Crippen molar-refractivity contribution in [3.63, 3.8) is 0 Å². The first-order valence-corrected chi connectivity index (χ1v) is 10.9. The number of urea groups is 1. The predicted molar refractivity (Wildman–Crippen MR) is 122 cm³/mol. The van der Waals surface area contributed by atoms with E-state index in [1.807, 2.05) is 25.1 Å². The third-order valence-corrected chi connectivity index (χ3v) is 5.90. The summed E-state index contributed by atoms with van der Waals surface area (Å²) in [4.78, 5) is 26.1. The second-order valence-corrected chi connectivity index (χ2v) is 8.89. The number of benzene rings is 1. The Bertz CT molecular complexity index is 966. The first-order valence-electron chi connectivity index (χ1n) is 10.9. The molecule has 2 atom stereocenters. The van der Waals surface area contributed by atoms with Crippen molar-refractivity contribution in [2.75, 3.05) is 22.1 Å². The molecule has 2 heterocycles. The Morgan fingerprint density at radius 3 is 2.66 bits per heavy atom. The maximum atomic E-state index is 12.7. The Morgan fingerprint density at radius 2 is 2.06 bits per heavy atom. The Hall–Kier alpha value is -3.07. The van der Waals surface area contributed by atoms with E-state index in [1.54, 1.807) is 26.8 Å². The Labute approximate surface area is 187 Å². The van der Waals surface area contributed by atoms with Gasteiger partial charge >= 0.3 is 12.0 Å². The lowest BCUT2D eigenvalue weighted by Crippen LogP contribution is -2.46. The highest BCUT2D eigenvalue weighted by Gasteiger charge is 2.37. The zero-order valence-electron chi connectivity index (χ0n) is 19.0. The summed E-state index contributed by atoms with van der Waals surface area (Å²) >= 11 is 0. The van der Waals surface area contributed by atoms with Gasteiger partial charge in [-0.2, -0.15) is 0 Å². The third kappa shape index (κ3) is 5.59. The van der Waals surface area contributed by atoms with Gasteiger partial charge in [0.2, 0.25) is 0 Å². The van der Waals surface area contributed by atoms with E-state index in [4.69, 9.17) is 4.52 Å². The molecule has 0 spiro atoms. The molecule has 0 bridgehead atoms. The van der Waals surface area contributed by atoms with E-state index in [-0.39, 0.29) is 18.4 Å². The minimum Gasteiger partial charge on any atom is -0.481 e. The molecule has 0 aliphatic carbocycles. The van der Waals surface area contributed by atoms with Crippen molar-refractivity contribution in [3.8, 4) is 0 Å². The first kappa shape index (κ1) is 23.6. The van der Waals surface area contributed by atoms with Crippen LogP contribution in [0.4, 0.5) is 22.0 Å². The van der Waals surface area contributed by atoms with E-state index in [0.717, 1.165) is 30.6 Å². The predicted octanol–water partition coefficient (Wildman–Crippen LogP) is 4.34.